The second kappa shape index (κ2) is 8.48. The van der Waals surface area contributed by atoms with E-state index in [0.29, 0.717) is 32.2 Å². The maximum absolute atomic E-state index is 5.88. The van der Waals surface area contributed by atoms with Crippen molar-refractivity contribution in [2.45, 2.75) is 32.3 Å². The fourth-order valence-corrected chi connectivity index (χ4v) is 2.26. The van der Waals surface area contributed by atoms with Gasteiger partial charge in [0.25, 0.3) is 0 Å². The van der Waals surface area contributed by atoms with Crippen molar-refractivity contribution in [3.05, 3.63) is 35.9 Å². The first-order chi connectivity index (χ1) is 10.6. The van der Waals surface area contributed by atoms with Crippen LogP contribution in [0.25, 0.3) is 0 Å². The number of rotatable bonds is 8. The molecule has 0 bridgehead atoms. The molecule has 1 N–H and O–H groups in total. The van der Waals surface area contributed by atoms with Crippen molar-refractivity contribution < 1.29 is 14.3 Å². The van der Waals surface area contributed by atoms with Gasteiger partial charge in [-0.05, 0) is 19.4 Å². The Balaban J connectivity index is 1.67. The van der Waals surface area contributed by atoms with Gasteiger partial charge in [0.1, 0.15) is 6.61 Å². The van der Waals surface area contributed by atoms with E-state index in [4.69, 9.17) is 25.9 Å². The van der Waals surface area contributed by atoms with Crippen molar-refractivity contribution in [2.24, 2.45) is 5.16 Å². The molecule has 0 aliphatic carbocycles. The van der Waals surface area contributed by atoms with E-state index in [1.807, 2.05) is 44.2 Å². The third-order valence-corrected chi connectivity index (χ3v) is 3.50. The Hall–Kier alpha value is -1.14. The molecule has 1 aromatic rings. The molecular weight excluding hydrogens is 304 g/mol. The van der Waals surface area contributed by atoms with Gasteiger partial charge in [-0.1, -0.05) is 35.5 Å². The molecule has 1 atom stereocenters. The second-order valence-corrected chi connectivity index (χ2v) is 5.90. The number of hydrogen-bond acceptors (Lipinski definition) is 5. The number of nitrogens with one attached hydrogen (secondary N) is 1. The summed E-state index contributed by atoms with van der Waals surface area (Å²) in [5.41, 5.74) is 1.84. The molecule has 22 heavy (non-hydrogen) atoms. The van der Waals surface area contributed by atoms with Gasteiger partial charge in [-0.25, -0.2) is 0 Å². The molecule has 2 rings (SSSR count). The zero-order chi connectivity index (χ0) is 15.8. The molecule has 1 heterocycles. The molecular formula is C16H23ClN2O3. The minimum absolute atomic E-state index is 0.0526. The third-order valence-electron chi connectivity index (χ3n) is 3.19. The van der Waals surface area contributed by atoms with Crippen molar-refractivity contribution in [3.63, 3.8) is 0 Å². The lowest BCUT2D eigenvalue weighted by Gasteiger charge is -2.17. The van der Waals surface area contributed by atoms with Crippen LogP contribution in [-0.2, 0) is 20.9 Å². The van der Waals surface area contributed by atoms with Gasteiger partial charge in [0.2, 0.25) is 0 Å². The Morgan fingerprint density at radius 3 is 2.82 bits per heavy atom. The maximum Gasteiger partial charge on any atom is 0.163 e. The van der Waals surface area contributed by atoms with E-state index in [9.17, 15) is 0 Å². The van der Waals surface area contributed by atoms with Crippen molar-refractivity contribution in [3.8, 4) is 0 Å². The van der Waals surface area contributed by atoms with Gasteiger partial charge in [0, 0.05) is 13.1 Å². The van der Waals surface area contributed by atoms with Crippen LogP contribution < -0.4 is 5.32 Å². The van der Waals surface area contributed by atoms with Crippen LogP contribution in [0.5, 0.6) is 0 Å². The first kappa shape index (κ1) is 17.2. The number of benzene rings is 1. The number of oxime groups is 1. The lowest BCUT2D eigenvalue weighted by molar-refractivity contribution is -0.137. The topological polar surface area (TPSA) is 52.1 Å². The summed E-state index contributed by atoms with van der Waals surface area (Å²) in [4.78, 5) is 5.34. The highest BCUT2D eigenvalue weighted by molar-refractivity contribution is 6.28. The minimum atomic E-state index is -0.492. The SMILES string of the molecule is CC1(C)OC[C@H](CNC/C(CCl)=N/OCc2ccccc2)O1. The highest BCUT2D eigenvalue weighted by Gasteiger charge is 2.32. The standard InChI is InChI=1S/C16H23ClN2O3/c1-16(2)20-12-15(22-16)10-18-9-14(8-17)19-21-11-13-6-4-3-5-7-13/h3-7,15,18H,8-12H2,1-2H3/b19-14+/t15-/m0/s1. The van der Waals surface area contributed by atoms with Crippen LogP contribution in [0.1, 0.15) is 19.4 Å². The number of ether oxygens (including phenoxy) is 2. The van der Waals surface area contributed by atoms with Crippen LogP contribution in [0.15, 0.2) is 35.5 Å². The Morgan fingerprint density at radius 2 is 2.18 bits per heavy atom. The van der Waals surface area contributed by atoms with E-state index >= 15 is 0 Å². The van der Waals surface area contributed by atoms with E-state index in [-0.39, 0.29) is 6.10 Å². The molecule has 0 saturated carbocycles. The van der Waals surface area contributed by atoms with Gasteiger partial charge in [-0.2, -0.15) is 0 Å². The van der Waals surface area contributed by atoms with E-state index in [1.54, 1.807) is 0 Å². The smallest absolute Gasteiger partial charge is 0.163 e. The molecule has 1 saturated heterocycles. The zero-order valence-electron chi connectivity index (χ0n) is 13.0. The summed E-state index contributed by atoms with van der Waals surface area (Å²) in [7, 11) is 0. The summed E-state index contributed by atoms with van der Waals surface area (Å²) < 4.78 is 11.2. The van der Waals surface area contributed by atoms with Crippen LogP contribution in [0.2, 0.25) is 0 Å². The summed E-state index contributed by atoms with van der Waals surface area (Å²) >= 11 is 5.88. The van der Waals surface area contributed by atoms with Crippen LogP contribution in [-0.4, -0.2) is 43.2 Å². The molecule has 0 unspecified atom stereocenters. The minimum Gasteiger partial charge on any atom is -0.391 e. The van der Waals surface area contributed by atoms with E-state index in [1.165, 1.54) is 0 Å². The molecule has 1 aliphatic rings. The fraction of sp³-hybridized carbons (Fsp3) is 0.562. The van der Waals surface area contributed by atoms with Crippen LogP contribution in [0.3, 0.4) is 0 Å². The summed E-state index contributed by atoms with van der Waals surface area (Å²) in [6.07, 6.45) is 0.0526. The Labute approximate surface area is 136 Å². The van der Waals surface area contributed by atoms with Gasteiger partial charge in [-0.15, -0.1) is 11.6 Å². The molecule has 0 spiro atoms. The highest BCUT2D eigenvalue weighted by atomic mass is 35.5. The molecule has 0 radical (unpaired) electrons. The van der Waals surface area contributed by atoms with Crippen LogP contribution >= 0.6 is 11.6 Å². The molecule has 1 aliphatic heterocycles. The summed E-state index contributed by atoms with van der Waals surface area (Å²) in [6, 6.07) is 9.90. The van der Waals surface area contributed by atoms with Gasteiger partial charge < -0.3 is 19.6 Å². The number of halogens is 1. The average molecular weight is 327 g/mol. The number of hydrogen-bond donors (Lipinski definition) is 1. The van der Waals surface area contributed by atoms with Crippen LogP contribution in [0, 0.1) is 0 Å². The number of nitrogens with zero attached hydrogens (tertiary/aromatic N) is 1. The first-order valence-electron chi connectivity index (χ1n) is 7.39. The van der Waals surface area contributed by atoms with Crippen molar-refractivity contribution in [1.29, 1.82) is 0 Å². The van der Waals surface area contributed by atoms with E-state index in [0.717, 1.165) is 11.3 Å². The predicted octanol–water partition coefficient (Wildman–Crippen LogP) is 2.54. The lowest BCUT2D eigenvalue weighted by Crippen LogP contribution is -2.34. The Morgan fingerprint density at radius 1 is 1.41 bits per heavy atom. The molecule has 6 heteroatoms. The molecule has 0 amide bonds. The quantitative estimate of drug-likeness (QED) is 0.453. The molecule has 1 fully saturated rings. The van der Waals surface area contributed by atoms with Gasteiger partial charge >= 0.3 is 0 Å². The third kappa shape index (κ3) is 5.93. The van der Waals surface area contributed by atoms with Gasteiger partial charge in [0.05, 0.1) is 24.3 Å². The predicted molar refractivity (Wildman–Crippen MR) is 87.2 cm³/mol. The molecule has 0 aromatic heterocycles. The Kier molecular flexibility index (Phi) is 6.64. The van der Waals surface area contributed by atoms with Crippen molar-refractivity contribution >= 4 is 17.3 Å². The highest BCUT2D eigenvalue weighted by Crippen LogP contribution is 2.21. The lowest BCUT2D eigenvalue weighted by atomic mass is 10.2. The van der Waals surface area contributed by atoms with E-state index in [2.05, 4.69) is 10.5 Å². The zero-order valence-corrected chi connectivity index (χ0v) is 13.8. The maximum atomic E-state index is 5.88. The normalized spacial score (nSPS) is 21.0. The molecule has 5 nitrogen and oxygen atoms in total. The average Bonchev–Trinajstić information content (AvgIpc) is 2.86. The van der Waals surface area contributed by atoms with Crippen molar-refractivity contribution in [1.82, 2.24) is 5.32 Å². The molecule has 1 aromatic carbocycles. The summed E-state index contributed by atoms with van der Waals surface area (Å²) in [5, 5.41) is 7.34. The first-order valence-corrected chi connectivity index (χ1v) is 7.92. The second-order valence-electron chi connectivity index (χ2n) is 5.63. The molecule has 122 valence electrons. The van der Waals surface area contributed by atoms with Crippen molar-refractivity contribution in [2.75, 3.05) is 25.6 Å². The van der Waals surface area contributed by atoms with Gasteiger partial charge in [-0.3, -0.25) is 0 Å². The summed E-state index contributed by atoms with van der Waals surface area (Å²) in [6.45, 7) is 6.12. The monoisotopic (exact) mass is 326 g/mol. The van der Waals surface area contributed by atoms with Crippen LogP contribution in [0.4, 0.5) is 0 Å². The Bertz CT molecular complexity index is 480. The fourth-order valence-electron chi connectivity index (χ4n) is 2.12. The number of alkyl halides is 1. The summed E-state index contributed by atoms with van der Waals surface area (Å²) in [5.74, 6) is -0.163. The van der Waals surface area contributed by atoms with E-state index < -0.39 is 5.79 Å². The van der Waals surface area contributed by atoms with Gasteiger partial charge in [0.15, 0.2) is 5.79 Å². The largest absolute Gasteiger partial charge is 0.391 e.